The number of carbonyl (C=O) groups excluding carboxylic acids is 1. The number of nitrogens with two attached hydrogens (primary N) is 2. The van der Waals surface area contributed by atoms with Gasteiger partial charge in [-0.25, -0.2) is 0 Å². The molecule has 0 aliphatic rings. The minimum atomic E-state index is -0.534. The largest absolute Gasteiger partial charge is 0.435 e. The number of aryl methyl sites for hydroxylation is 1. The number of H-pyrrole nitrogens is 1. The first-order valence-corrected chi connectivity index (χ1v) is 4.95. The molecule has 5 N–H and O–H groups in total. The monoisotopic (exact) mass is 232 g/mol. The topological polar surface area (TPSA) is 107 Å². The zero-order valence-corrected chi connectivity index (χ0v) is 9.23. The van der Waals surface area contributed by atoms with Crippen LogP contribution < -0.4 is 16.2 Å². The van der Waals surface area contributed by atoms with E-state index in [0.717, 1.165) is 5.69 Å². The molecule has 17 heavy (non-hydrogen) atoms. The predicted octanol–water partition coefficient (Wildman–Crippen LogP) is 1.19. The maximum Gasteiger partial charge on any atom is 0.248 e. The summed E-state index contributed by atoms with van der Waals surface area (Å²) in [4.78, 5) is 11.0. The van der Waals surface area contributed by atoms with Gasteiger partial charge in [-0.1, -0.05) is 0 Å². The number of nitrogens with one attached hydrogen (secondary N) is 1. The molecule has 0 saturated heterocycles. The van der Waals surface area contributed by atoms with Gasteiger partial charge in [0.2, 0.25) is 11.8 Å². The van der Waals surface area contributed by atoms with Crippen molar-refractivity contribution in [1.29, 1.82) is 0 Å². The maximum absolute atomic E-state index is 11.0. The smallest absolute Gasteiger partial charge is 0.248 e. The number of hydrogen-bond donors (Lipinski definition) is 3. The number of anilines is 1. The van der Waals surface area contributed by atoms with Gasteiger partial charge >= 0.3 is 0 Å². The summed E-state index contributed by atoms with van der Waals surface area (Å²) in [5.41, 5.74) is 12.5. The molecular formula is C11H12N4O2. The lowest BCUT2D eigenvalue weighted by Gasteiger charge is -2.06. The van der Waals surface area contributed by atoms with E-state index in [1.807, 2.05) is 6.92 Å². The van der Waals surface area contributed by atoms with Crippen molar-refractivity contribution < 1.29 is 9.53 Å². The van der Waals surface area contributed by atoms with Crippen molar-refractivity contribution in [1.82, 2.24) is 10.2 Å². The van der Waals surface area contributed by atoms with Gasteiger partial charge in [0.15, 0.2) is 5.75 Å². The van der Waals surface area contributed by atoms with Gasteiger partial charge in [0, 0.05) is 17.3 Å². The van der Waals surface area contributed by atoms with Crippen LogP contribution in [-0.2, 0) is 0 Å². The second-order valence-electron chi connectivity index (χ2n) is 3.61. The lowest BCUT2D eigenvalue weighted by Crippen LogP contribution is -2.11. The third-order valence-electron chi connectivity index (χ3n) is 2.20. The molecule has 0 unspecified atom stereocenters. The van der Waals surface area contributed by atoms with Gasteiger partial charge in [0.25, 0.3) is 0 Å². The number of nitrogens with zero attached hydrogens (tertiary/aromatic N) is 1. The summed E-state index contributed by atoms with van der Waals surface area (Å²) in [5.74, 6) is 0.205. The van der Waals surface area contributed by atoms with E-state index < -0.39 is 5.91 Å². The van der Waals surface area contributed by atoms with Crippen molar-refractivity contribution in [2.45, 2.75) is 6.92 Å². The number of primary amides is 1. The number of hydrogen-bond acceptors (Lipinski definition) is 4. The molecule has 0 radical (unpaired) electrons. The van der Waals surface area contributed by atoms with Crippen LogP contribution in [-0.4, -0.2) is 16.1 Å². The Kier molecular flexibility index (Phi) is 2.70. The van der Waals surface area contributed by atoms with Gasteiger partial charge in [-0.2, -0.15) is 0 Å². The number of aromatic nitrogens is 2. The Morgan fingerprint density at radius 1 is 1.41 bits per heavy atom. The Morgan fingerprint density at radius 2 is 2.18 bits per heavy atom. The highest BCUT2D eigenvalue weighted by molar-refractivity contribution is 5.93. The van der Waals surface area contributed by atoms with Gasteiger partial charge < -0.3 is 16.2 Å². The van der Waals surface area contributed by atoms with E-state index in [1.54, 1.807) is 18.2 Å². The predicted molar refractivity (Wildman–Crippen MR) is 62.8 cm³/mol. The molecule has 0 aliphatic heterocycles. The average Bonchev–Trinajstić information content (AvgIpc) is 2.67. The number of aromatic amines is 1. The Balaban J connectivity index is 2.31. The van der Waals surface area contributed by atoms with E-state index in [2.05, 4.69) is 10.2 Å². The van der Waals surface area contributed by atoms with E-state index in [0.29, 0.717) is 22.9 Å². The van der Waals surface area contributed by atoms with Crippen LogP contribution in [0.1, 0.15) is 16.1 Å². The lowest BCUT2D eigenvalue weighted by atomic mass is 10.2. The minimum absolute atomic E-state index is 0.335. The molecule has 2 aromatic rings. The van der Waals surface area contributed by atoms with E-state index >= 15 is 0 Å². The fourth-order valence-corrected chi connectivity index (χ4v) is 1.33. The normalized spacial score (nSPS) is 10.2. The van der Waals surface area contributed by atoms with Crippen LogP contribution in [0.5, 0.6) is 11.6 Å². The van der Waals surface area contributed by atoms with Gasteiger partial charge in [-0.3, -0.25) is 9.89 Å². The van der Waals surface area contributed by atoms with Crippen LogP contribution in [0.3, 0.4) is 0 Å². The molecule has 1 amide bonds. The first-order chi connectivity index (χ1) is 8.06. The molecule has 1 heterocycles. The Bertz CT molecular complexity index is 562. The van der Waals surface area contributed by atoms with Crippen molar-refractivity contribution in [3.8, 4) is 11.6 Å². The molecule has 0 spiro atoms. The highest BCUT2D eigenvalue weighted by Crippen LogP contribution is 2.27. The summed E-state index contributed by atoms with van der Waals surface area (Å²) >= 11 is 0. The second kappa shape index (κ2) is 4.17. The van der Waals surface area contributed by atoms with Crippen LogP contribution >= 0.6 is 0 Å². The fraction of sp³-hybridized carbons (Fsp3) is 0.0909. The van der Waals surface area contributed by atoms with Crippen LogP contribution in [0.2, 0.25) is 0 Å². The van der Waals surface area contributed by atoms with Crippen LogP contribution in [0.4, 0.5) is 5.69 Å². The summed E-state index contributed by atoms with van der Waals surface area (Å²) in [6.45, 7) is 1.85. The molecule has 0 aliphatic carbocycles. The third kappa shape index (κ3) is 2.36. The Labute approximate surface area is 97.6 Å². The molecule has 0 bridgehead atoms. The minimum Gasteiger partial charge on any atom is -0.435 e. The van der Waals surface area contributed by atoms with Gasteiger partial charge in [0.1, 0.15) is 0 Å². The number of carbonyl (C=O) groups is 1. The standard InChI is InChI=1S/C11H12N4O2/c1-6-4-10(15-14-6)17-9-5-7(11(13)16)2-3-8(9)12/h2-5H,12H2,1H3,(H2,13,16)(H,14,15). The number of rotatable bonds is 3. The Hall–Kier alpha value is -2.50. The maximum atomic E-state index is 11.0. The highest BCUT2D eigenvalue weighted by Gasteiger charge is 2.08. The molecule has 88 valence electrons. The highest BCUT2D eigenvalue weighted by atomic mass is 16.5. The van der Waals surface area contributed by atoms with Gasteiger partial charge in [0.05, 0.1) is 5.69 Å². The zero-order chi connectivity index (χ0) is 12.4. The van der Waals surface area contributed by atoms with Crippen molar-refractivity contribution in [3.05, 3.63) is 35.5 Å². The van der Waals surface area contributed by atoms with Crippen molar-refractivity contribution in [3.63, 3.8) is 0 Å². The quantitative estimate of drug-likeness (QED) is 0.691. The number of benzene rings is 1. The second-order valence-corrected chi connectivity index (χ2v) is 3.61. The SMILES string of the molecule is Cc1cc(Oc2cc(C(N)=O)ccc2N)n[nH]1. The molecule has 0 fully saturated rings. The first-order valence-electron chi connectivity index (χ1n) is 4.95. The molecular weight excluding hydrogens is 220 g/mol. The van der Waals surface area contributed by atoms with E-state index in [1.165, 1.54) is 6.07 Å². The zero-order valence-electron chi connectivity index (χ0n) is 9.23. The summed E-state index contributed by atoms with van der Waals surface area (Å²) in [6, 6.07) is 6.31. The van der Waals surface area contributed by atoms with E-state index in [-0.39, 0.29) is 0 Å². The lowest BCUT2D eigenvalue weighted by molar-refractivity contribution is 0.1000. The van der Waals surface area contributed by atoms with Gasteiger partial charge in [-0.05, 0) is 25.1 Å². The molecule has 1 aromatic carbocycles. The van der Waals surface area contributed by atoms with Crippen molar-refractivity contribution in [2.24, 2.45) is 5.73 Å². The third-order valence-corrected chi connectivity index (χ3v) is 2.20. The molecule has 1 aromatic heterocycles. The molecule has 2 rings (SSSR count). The summed E-state index contributed by atoms with van der Waals surface area (Å²) in [6.07, 6.45) is 0. The fourth-order valence-electron chi connectivity index (χ4n) is 1.33. The average molecular weight is 232 g/mol. The van der Waals surface area contributed by atoms with Gasteiger partial charge in [-0.15, -0.1) is 5.10 Å². The molecule has 0 atom stereocenters. The van der Waals surface area contributed by atoms with Crippen LogP contribution in [0.15, 0.2) is 24.3 Å². The van der Waals surface area contributed by atoms with E-state index in [4.69, 9.17) is 16.2 Å². The molecule has 6 nitrogen and oxygen atoms in total. The number of nitrogen functional groups attached to an aromatic ring is 1. The molecule has 0 saturated carbocycles. The summed E-state index contributed by atoms with van der Waals surface area (Å²) in [5, 5.41) is 6.65. The number of amides is 1. The first kappa shape index (κ1) is 11.0. The van der Waals surface area contributed by atoms with E-state index in [9.17, 15) is 4.79 Å². The van der Waals surface area contributed by atoms with Crippen molar-refractivity contribution in [2.75, 3.05) is 5.73 Å². The van der Waals surface area contributed by atoms with Crippen molar-refractivity contribution >= 4 is 11.6 Å². The number of ether oxygens (including phenoxy) is 1. The van der Waals surface area contributed by atoms with Crippen LogP contribution in [0, 0.1) is 6.92 Å². The molecule has 6 heteroatoms. The van der Waals surface area contributed by atoms with Crippen LogP contribution in [0.25, 0.3) is 0 Å². The summed E-state index contributed by atoms with van der Waals surface area (Å²) < 4.78 is 5.45. The summed E-state index contributed by atoms with van der Waals surface area (Å²) in [7, 11) is 0. The Morgan fingerprint density at radius 3 is 2.76 bits per heavy atom.